The summed E-state index contributed by atoms with van der Waals surface area (Å²) in [7, 11) is 1.90. The Bertz CT molecular complexity index is 812. The molecule has 0 aromatic carbocycles. The van der Waals surface area contributed by atoms with Crippen molar-refractivity contribution in [3.63, 3.8) is 0 Å². The second kappa shape index (κ2) is 8.07. The zero-order chi connectivity index (χ0) is 20.5. The molecule has 0 radical (unpaired) electrons. The number of anilines is 2. The number of hydrogen-bond acceptors (Lipinski definition) is 6. The molecule has 6 nitrogen and oxygen atoms in total. The van der Waals surface area contributed by atoms with Gasteiger partial charge in [-0.15, -0.1) is 12.6 Å². The Kier molecular flexibility index (Phi) is 5.93. The molecular weight excluding hydrogens is 370 g/mol. The van der Waals surface area contributed by atoms with E-state index in [9.17, 15) is 4.79 Å². The first kappa shape index (κ1) is 20.6. The first-order valence-electron chi connectivity index (χ1n) is 9.74. The fraction of sp³-hybridized carbons (Fsp3) is 0.524. The van der Waals surface area contributed by atoms with Crippen LogP contribution in [-0.2, 0) is 4.79 Å². The van der Waals surface area contributed by atoms with Crippen LogP contribution in [0.3, 0.4) is 0 Å². The van der Waals surface area contributed by atoms with Crippen LogP contribution in [0.4, 0.5) is 11.5 Å². The zero-order valence-electron chi connectivity index (χ0n) is 17.1. The number of pyridine rings is 1. The van der Waals surface area contributed by atoms with E-state index in [1.165, 1.54) is 11.0 Å². The van der Waals surface area contributed by atoms with E-state index in [2.05, 4.69) is 62.2 Å². The van der Waals surface area contributed by atoms with Crippen molar-refractivity contribution in [2.45, 2.75) is 27.2 Å². The van der Waals surface area contributed by atoms with Gasteiger partial charge in [0.1, 0.15) is 11.5 Å². The van der Waals surface area contributed by atoms with Gasteiger partial charge in [0.25, 0.3) is 5.91 Å². The number of hydrogen-bond donors (Lipinski definition) is 4. The number of nitrogens with one attached hydrogen (secondary N) is 2. The largest absolute Gasteiger partial charge is 0.394 e. The number of allylic oxidation sites excluding steroid dienone is 1. The molecule has 1 fully saturated rings. The Hall–Kier alpha value is -2.15. The van der Waals surface area contributed by atoms with E-state index >= 15 is 0 Å². The second-order valence-corrected chi connectivity index (χ2v) is 9.13. The van der Waals surface area contributed by atoms with Crippen LogP contribution in [0.1, 0.15) is 32.9 Å². The lowest BCUT2D eigenvalue weighted by Crippen LogP contribution is -2.33. The van der Waals surface area contributed by atoms with E-state index in [0.29, 0.717) is 18.4 Å². The van der Waals surface area contributed by atoms with Crippen molar-refractivity contribution in [2.75, 3.05) is 37.3 Å². The van der Waals surface area contributed by atoms with Crippen LogP contribution < -0.4 is 16.4 Å². The van der Waals surface area contributed by atoms with Crippen LogP contribution in [0.15, 0.2) is 29.3 Å². The lowest BCUT2D eigenvalue weighted by molar-refractivity contribution is -0.126. The molecule has 28 heavy (non-hydrogen) atoms. The van der Waals surface area contributed by atoms with Gasteiger partial charge in [0.05, 0.1) is 11.4 Å². The molecule has 0 bridgehead atoms. The molecule has 1 amide bonds. The fourth-order valence-electron chi connectivity index (χ4n) is 3.84. The normalized spacial score (nSPS) is 22.1. The van der Waals surface area contributed by atoms with Crippen molar-refractivity contribution in [1.82, 2.24) is 9.88 Å². The summed E-state index contributed by atoms with van der Waals surface area (Å²) in [6, 6.07) is 4.19. The average Bonchev–Trinajstić information content (AvgIpc) is 3.23. The summed E-state index contributed by atoms with van der Waals surface area (Å²) in [5.41, 5.74) is 9.41. The Morgan fingerprint density at radius 1 is 1.39 bits per heavy atom. The summed E-state index contributed by atoms with van der Waals surface area (Å²) < 4.78 is 0. The number of aromatic nitrogens is 1. The van der Waals surface area contributed by atoms with E-state index in [1.807, 2.05) is 11.9 Å². The number of thiol groups is 1. The number of rotatable bonds is 5. The highest BCUT2D eigenvalue weighted by Gasteiger charge is 2.39. The number of carbonyl (C=O) groups is 1. The summed E-state index contributed by atoms with van der Waals surface area (Å²) in [6.45, 7) is 8.93. The topological polar surface area (TPSA) is 83.3 Å². The Labute approximate surface area is 173 Å². The molecule has 2 heterocycles. The van der Waals surface area contributed by atoms with E-state index in [0.717, 1.165) is 36.7 Å². The highest BCUT2D eigenvalue weighted by molar-refractivity contribution is 7.83. The van der Waals surface area contributed by atoms with Crippen molar-refractivity contribution in [1.29, 1.82) is 0 Å². The molecule has 2 unspecified atom stereocenters. The molecule has 7 heteroatoms. The van der Waals surface area contributed by atoms with Gasteiger partial charge in [-0.25, -0.2) is 4.98 Å². The van der Waals surface area contributed by atoms with Gasteiger partial charge in [-0.2, -0.15) is 0 Å². The number of amides is 1. The minimum atomic E-state index is -0.121. The molecular formula is C21H31N5OS. The molecule has 2 atom stereocenters. The third-order valence-electron chi connectivity index (χ3n) is 5.33. The van der Waals surface area contributed by atoms with Crippen molar-refractivity contribution >= 4 is 35.6 Å². The summed E-state index contributed by atoms with van der Waals surface area (Å²) in [4.78, 5) is 18.9. The standard InChI is InChI=1S/C21H31N5OS/c1-21(2,3)12-24-18-6-5-17(25-19(18)23-4)13-7-14-9-26(10-15(14)8-13)20(27)16(22)11-28/h5-7,11,14-15,24,28H,8-10,12,22H2,1-4H3,(H,23,25)/b16-11-. The van der Waals surface area contributed by atoms with Crippen molar-refractivity contribution in [3.8, 4) is 0 Å². The predicted octanol–water partition coefficient (Wildman–Crippen LogP) is 3.17. The molecule has 1 saturated heterocycles. The van der Waals surface area contributed by atoms with Crippen LogP contribution in [-0.4, -0.2) is 42.5 Å². The van der Waals surface area contributed by atoms with E-state index in [-0.39, 0.29) is 17.0 Å². The van der Waals surface area contributed by atoms with Crippen molar-refractivity contribution in [3.05, 3.63) is 35.0 Å². The molecule has 1 aliphatic heterocycles. The minimum Gasteiger partial charge on any atom is -0.394 e. The van der Waals surface area contributed by atoms with Crippen LogP contribution in [0.25, 0.3) is 5.57 Å². The van der Waals surface area contributed by atoms with Gasteiger partial charge in [0.15, 0.2) is 0 Å². The first-order valence-corrected chi connectivity index (χ1v) is 10.3. The maximum absolute atomic E-state index is 12.2. The summed E-state index contributed by atoms with van der Waals surface area (Å²) in [6.07, 6.45) is 3.21. The Morgan fingerprint density at radius 3 is 2.75 bits per heavy atom. The summed E-state index contributed by atoms with van der Waals surface area (Å²) in [5, 5.41) is 8.06. The van der Waals surface area contributed by atoms with Gasteiger partial charge in [0.2, 0.25) is 0 Å². The number of likely N-dealkylation sites (tertiary alicyclic amines) is 1. The molecule has 0 spiro atoms. The maximum atomic E-state index is 12.2. The van der Waals surface area contributed by atoms with Gasteiger partial charge < -0.3 is 21.3 Å². The van der Waals surface area contributed by atoms with Gasteiger partial charge in [-0.1, -0.05) is 26.8 Å². The number of nitrogens with zero attached hydrogens (tertiary/aromatic N) is 2. The quantitative estimate of drug-likeness (QED) is 0.450. The lowest BCUT2D eigenvalue weighted by Gasteiger charge is -2.21. The van der Waals surface area contributed by atoms with Crippen LogP contribution in [0, 0.1) is 17.3 Å². The molecule has 1 aromatic rings. The van der Waals surface area contributed by atoms with Gasteiger partial charge in [-0.3, -0.25) is 4.79 Å². The first-order chi connectivity index (χ1) is 13.2. The summed E-state index contributed by atoms with van der Waals surface area (Å²) in [5.74, 6) is 1.54. The Morgan fingerprint density at radius 2 is 2.14 bits per heavy atom. The van der Waals surface area contributed by atoms with Crippen LogP contribution in [0.2, 0.25) is 0 Å². The zero-order valence-corrected chi connectivity index (χ0v) is 18.0. The predicted molar refractivity (Wildman–Crippen MR) is 119 cm³/mol. The highest BCUT2D eigenvalue weighted by atomic mass is 32.1. The third-order valence-corrected chi connectivity index (χ3v) is 5.61. The molecule has 0 saturated carbocycles. The SMILES string of the molecule is CNc1nc(C2=CC3CN(C(=O)/C(N)=C/S)CC3C2)ccc1NCC(C)(C)C. The molecule has 3 rings (SSSR count). The smallest absolute Gasteiger partial charge is 0.270 e. The highest BCUT2D eigenvalue weighted by Crippen LogP contribution is 2.41. The van der Waals surface area contributed by atoms with Crippen molar-refractivity contribution < 1.29 is 4.79 Å². The second-order valence-electron chi connectivity index (χ2n) is 8.87. The van der Waals surface area contributed by atoms with Gasteiger partial charge in [0, 0.05) is 26.7 Å². The molecule has 2 aliphatic rings. The monoisotopic (exact) mass is 401 g/mol. The molecule has 1 aromatic heterocycles. The van der Waals surface area contributed by atoms with Crippen LogP contribution in [0.5, 0.6) is 0 Å². The third kappa shape index (κ3) is 4.46. The minimum absolute atomic E-state index is 0.121. The van der Waals surface area contributed by atoms with E-state index in [1.54, 1.807) is 0 Å². The molecule has 1 aliphatic carbocycles. The maximum Gasteiger partial charge on any atom is 0.270 e. The van der Waals surface area contributed by atoms with E-state index < -0.39 is 0 Å². The van der Waals surface area contributed by atoms with Gasteiger partial charge >= 0.3 is 0 Å². The van der Waals surface area contributed by atoms with E-state index in [4.69, 9.17) is 10.7 Å². The lowest BCUT2D eigenvalue weighted by atomic mass is 9.97. The summed E-state index contributed by atoms with van der Waals surface area (Å²) >= 11 is 3.98. The molecule has 4 N–H and O–H groups in total. The van der Waals surface area contributed by atoms with Crippen LogP contribution >= 0.6 is 12.6 Å². The number of carbonyl (C=O) groups excluding carboxylic acids is 1. The van der Waals surface area contributed by atoms with Crippen molar-refractivity contribution in [2.24, 2.45) is 23.0 Å². The number of fused-ring (bicyclic) bond motifs is 1. The fourth-order valence-corrected chi connectivity index (χ4v) is 3.95. The van der Waals surface area contributed by atoms with Gasteiger partial charge in [-0.05, 0) is 46.8 Å². The molecule has 152 valence electrons. The Balaban J connectivity index is 1.71. The average molecular weight is 402 g/mol. The number of nitrogens with two attached hydrogens (primary N) is 1.